The van der Waals surface area contributed by atoms with Crippen molar-refractivity contribution in [2.24, 2.45) is 5.92 Å². The summed E-state index contributed by atoms with van der Waals surface area (Å²) in [6, 6.07) is 1.61. The lowest BCUT2D eigenvalue weighted by Gasteiger charge is -2.28. The van der Waals surface area contributed by atoms with Crippen LogP contribution in [0.4, 0.5) is 0 Å². The zero-order valence-corrected chi connectivity index (χ0v) is 13.2. The van der Waals surface area contributed by atoms with E-state index >= 15 is 0 Å². The van der Waals surface area contributed by atoms with Crippen LogP contribution >= 0.6 is 0 Å². The molecule has 1 saturated heterocycles. The molecule has 0 aliphatic carbocycles. The Morgan fingerprint density at radius 2 is 2.26 bits per heavy atom. The number of hydrogen-bond donors (Lipinski definition) is 1. The maximum atomic E-state index is 12.3. The number of aromatic nitrogens is 2. The Morgan fingerprint density at radius 3 is 2.91 bits per heavy atom. The standard InChI is InChI=1S/C16H21N3O4/c1-11-17-16(23-19-11)15(13-5-8-21-9-6-13)18-14(20)3-2-12-4-7-22-10-12/h4,7,10,13,15H,2-3,5-6,8-9H2,1H3,(H,18,20)/t15-/m1/s1. The van der Waals surface area contributed by atoms with E-state index in [1.54, 1.807) is 19.5 Å². The molecular formula is C16H21N3O4. The van der Waals surface area contributed by atoms with E-state index in [-0.39, 0.29) is 17.9 Å². The fourth-order valence-electron chi connectivity index (χ4n) is 2.81. The van der Waals surface area contributed by atoms with Crippen molar-refractivity contribution in [1.29, 1.82) is 0 Å². The van der Waals surface area contributed by atoms with Gasteiger partial charge in [0.2, 0.25) is 11.8 Å². The molecular weight excluding hydrogens is 298 g/mol. The van der Waals surface area contributed by atoms with Crippen molar-refractivity contribution in [2.45, 2.75) is 38.6 Å². The van der Waals surface area contributed by atoms with Gasteiger partial charge < -0.3 is 19.0 Å². The van der Waals surface area contributed by atoms with Crippen LogP contribution in [0.1, 0.15) is 42.6 Å². The van der Waals surface area contributed by atoms with E-state index in [0.29, 0.717) is 37.8 Å². The number of carbonyl (C=O) groups is 1. The Hall–Kier alpha value is -2.15. The maximum Gasteiger partial charge on any atom is 0.249 e. The van der Waals surface area contributed by atoms with Gasteiger partial charge in [0.1, 0.15) is 6.04 Å². The highest BCUT2D eigenvalue weighted by molar-refractivity contribution is 5.76. The van der Waals surface area contributed by atoms with E-state index in [1.165, 1.54) is 0 Å². The van der Waals surface area contributed by atoms with Crippen molar-refractivity contribution >= 4 is 5.91 Å². The SMILES string of the molecule is Cc1noc([C@H](NC(=O)CCc2ccoc2)C2CCOCC2)n1. The molecule has 124 valence electrons. The zero-order chi connectivity index (χ0) is 16.1. The lowest BCUT2D eigenvalue weighted by atomic mass is 9.91. The maximum absolute atomic E-state index is 12.3. The molecule has 0 aromatic carbocycles. The molecule has 0 spiro atoms. The molecule has 1 amide bonds. The third kappa shape index (κ3) is 4.19. The molecule has 23 heavy (non-hydrogen) atoms. The molecule has 1 N–H and O–H groups in total. The van der Waals surface area contributed by atoms with Gasteiger partial charge in [-0.05, 0) is 43.7 Å². The van der Waals surface area contributed by atoms with Crippen LogP contribution in [-0.2, 0) is 16.0 Å². The summed E-state index contributed by atoms with van der Waals surface area (Å²) in [6.45, 7) is 3.16. The van der Waals surface area contributed by atoms with E-state index in [2.05, 4.69) is 15.5 Å². The van der Waals surface area contributed by atoms with Crippen molar-refractivity contribution < 1.29 is 18.5 Å². The van der Waals surface area contributed by atoms with Gasteiger partial charge in [0.05, 0.1) is 12.5 Å². The fraction of sp³-hybridized carbons (Fsp3) is 0.562. The molecule has 1 aliphatic rings. The Bertz CT molecular complexity index is 617. The van der Waals surface area contributed by atoms with Gasteiger partial charge in [-0.3, -0.25) is 4.79 Å². The summed E-state index contributed by atoms with van der Waals surface area (Å²) in [5, 5.41) is 6.90. The fourth-order valence-corrected chi connectivity index (χ4v) is 2.81. The van der Waals surface area contributed by atoms with Crippen LogP contribution in [0.3, 0.4) is 0 Å². The van der Waals surface area contributed by atoms with Crippen LogP contribution in [-0.4, -0.2) is 29.3 Å². The predicted octanol–water partition coefficient (Wildman–Crippen LogP) is 2.19. The lowest BCUT2D eigenvalue weighted by molar-refractivity contribution is -0.122. The molecule has 0 bridgehead atoms. The van der Waals surface area contributed by atoms with E-state index < -0.39 is 0 Å². The van der Waals surface area contributed by atoms with Crippen molar-refractivity contribution in [2.75, 3.05) is 13.2 Å². The first kappa shape index (κ1) is 15.7. The summed E-state index contributed by atoms with van der Waals surface area (Å²) in [5.41, 5.74) is 1.01. The number of carbonyl (C=O) groups excluding carboxylic acids is 1. The van der Waals surface area contributed by atoms with Gasteiger partial charge in [-0.15, -0.1) is 0 Å². The Morgan fingerprint density at radius 1 is 1.43 bits per heavy atom. The summed E-state index contributed by atoms with van der Waals surface area (Å²) < 4.78 is 15.7. The Balaban J connectivity index is 1.64. The highest BCUT2D eigenvalue weighted by atomic mass is 16.5. The largest absolute Gasteiger partial charge is 0.472 e. The van der Waals surface area contributed by atoms with Crippen molar-refractivity contribution in [1.82, 2.24) is 15.5 Å². The van der Waals surface area contributed by atoms with Crippen molar-refractivity contribution in [3.63, 3.8) is 0 Å². The predicted molar refractivity (Wildman–Crippen MR) is 80.5 cm³/mol. The number of aryl methyl sites for hydroxylation is 2. The number of ether oxygens (including phenoxy) is 1. The number of amides is 1. The molecule has 1 fully saturated rings. The molecule has 3 heterocycles. The minimum atomic E-state index is -0.253. The first-order valence-corrected chi connectivity index (χ1v) is 7.91. The van der Waals surface area contributed by atoms with Crippen LogP contribution in [0.15, 0.2) is 27.5 Å². The summed E-state index contributed by atoms with van der Waals surface area (Å²) in [4.78, 5) is 16.6. The van der Waals surface area contributed by atoms with Crippen LogP contribution < -0.4 is 5.32 Å². The Labute approximate surface area is 134 Å². The van der Waals surface area contributed by atoms with Gasteiger partial charge in [0.25, 0.3) is 0 Å². The molecule has 2 aromatic rings. The second-order valence-electron chi connectivity index (χ2n) is 5.81. The van der Waals surface area contributed by atoms with Crippen LogP contribution in [0, 0.1) is 12.8 Å². The third-order valence-corrected chi connectivity index (χ3v) is 4.08. The zero-order valence-electron chi connectivity index (χ0n) is 13.2. The van der Waals surface area contributed by atoms with Crippen LogP contribution in [0.25, 0.3) is 0 Å². The second kappa shape index (κ2) is 7.41. The van der Waals surface area contributed by atoms with E-state index in [9.17, 15) is 4.79 Å². The summed E-state index contributed by atoms with van der Waals surface area (Å²) in [6.07, 6.45) is 6.05. The molecule has 7 heteroatoms. The summed E-state index contributed by atoms with van der Waals surface area (Å²) >= 11 is 0. The van der Waals surface area contributed by atoms with E-state index in [4.69, 9.17) is 13.7 Å². The average Bonchev–Trinajstić information content (AvgIpc) is 3.23. The van der Waals surface area contributed by atoms with Gasteiger partial charge in [0, 0.05) is 19.6 Å². The van der Waals surface area contributed by atoms with Gasteiger partial charge in [-0.25, -0.2) is 0 Å². The quantitative estimate of drug-likeness (QED) is 0.877. The highest BCUT2D eigenvalue weighted by Gasteiger charge is 2.31. The molecule has 2 aromatic heterocycles. The highest BCUT2D eigenvalue weighted by Crippen LogP contribution is 2.29. The topological polar surface area (TPSA) is 90.4 Å². The van der Waals surface area contributed by atoms with E-state index in [0.717, 1.165) is 18.4 Å². The summed E-state index contributed by atoms with van der Waals surface area (Å²) in [7, 11) is 0. The van der Waals surface area contributed by atoms with Crippen molar-refractivity contribution in [3.05, 3.63) is 35.9 Å². The number of rotatable bonds is 6. The third-order valence-electron chi connectivity index (χ3n) is 4.08. The molecule has 3 rings (SSSR count). The first-order valence-electron chi connectivity index (χ1n) is 7.91. The smallest absolute Gasteiger partial charge is 0.249 e. The molecule has 1 atom stereocenters. The summed E-state index contributed by atoms with van der Waals surface area (Å²) in [5.74, 6) is 1.27. The monoisotopic (exact) mass is 319 g/mol. The lowest BCUT2D eigenvalue weighted by Crippen LogP contribution is -2.36. The number of hydrogen-bond acceptors (Lipinski definition) is 6. The van der Waals surface area contributed by atoms with Crippen LogP contribution in [0.2, 0.25) is 0 Å². The van der Waals surface area contributed by atoms with Gasteiger partial charge >= 0.3 is 0 Å². The molecule has 1 aliphatic heterocycles. The van der Waals surface area contributed by atoms with Gasteiger partial charge in [0.15, 0.2) is 5.82 Å². The molecule has 0 radical (unpaired) electrons. The Kier molecular flexibility index (Phi) is 5.07. The average molecular weight is 319 g/mol. The molecule has 0 saturated carbocycles. The van der Waals surface area contributed by atoms with Crippen molar-refractivity contribution in [3.8, 4) is 0 Å². The normalized spacial score (nSPS) is 17.1. The number of nitrogens with one attached hydrogen (secondary N) is 1. The number of nitrogens with zero attached hydrogens (tertiary/aromatic N) is 2. The van der Waals surface area contributed by atoms with Gasteiger partial charge in [-0.2, -0.15) is 4.98 Å². The molecule has 7 nitrogen and oxygen atoms in total. The van der Waals surface area contributed by atoms with Crippen LogP contribution in [0.5, 0.6) is 0 Å². The second-order valence-corrected chi connectivity index (χ2v) is 5.81. The van der Waals surface area contributed by atoms with Gasteiger partial charge in [-0.1, -0.05) is 5.16 Å². The minimum absolute atomic E-state index is 0.0291. The first-order chi connectivity index (χ1) is 11.2. The minimum Gasteiger partial charge on any atom is -0.472 e. The van der Waals surface area contributed by atoms with E-state index in [1.807, 2.05) is 6.07 Å². The molecule has 0 unspecified atom stereocenters. The number of furan rings is 1.